The zero-order chi connectivity index (χ0) is 13.1. The van der Waals surface area contributed by atoms with Crippen LogP contribution in [0.25, 0.3) is 0 Å². The Morgan fingerprint density at radius 3 is 2.61 bits per heavy atom. The number of hydrogen-bond donors (Lipinski definition) is 2. The number of aliphatic hydroxyl groups excluding tert-OH is 1. The Kier molecular flexibility index (Phi) is 3.95. The molecule has 2 rings (SSSR count). The van der Waals surface area contributed by atoms with Crippen molar-refractivity contribution in [2.75, 3.05) is 0 Å². The van der Waals surface area contributed by atoms with E-state index in [2.05, 4.69) is 19.1 Å². The van der Waals surface area contributed by atoms with Crippen molar-refractivity contribution >= 4 is 0 Å². The second-order valence-electron chi connectivity index (χ2n) is 5.28. The lowest BCUT2D eigenvalue weighted by Crippen LogP contribution is -2.13. The minimum atomic E-state index is 0.249. The zero-order valence-electron chi connectivity index (χ0n) is 11.4. The summed E-state index contributed by atoms with van der Waals surface area (Å²) in [5.41, 5.74) is 10.4. The number of hydrogen-bond acceptors (Lipinski definition) is 2. The van der Waals surface area contributed by atoms with Gasteiger partial charge in [0, 0.05) is 0 Å². The fraction of sp³-hybridized carbons (Fsp3) is 0.500. The molecule has 0 heterocycles. The van der Waals surface area contributed by atoms with Crippen LogP contribution in [-0.2, 0) is 0 Å². The van der Waals surface area contributed by atoms with Gasteiger partial charge in [-0.15, -0.1) is 0 Å². The van der Waals surface area contributed by atoms with E-state index < -0.39 is 0 Å². The molecule has 0 aliphatic heterocycles. The highest BCUT2D eigenvalue weighted by atomic mass is 16.3. The third-order valence-electron chi connectivity index (χ3n) is 4.16. The molecule has 98 valence electrons. The first-order chi connectivity index (χ1) is 8.63. The van der Waals surface area contributed by atoms with Crippen LogP contribution in [0.4, 0.5) is 0 Å². The molecule has 0 saturated heterocycles. The van der Waals surface area contributed by atoms with Crippen LogP contribution in [0.5, 0.6) is 0 Å². The van der Waals surface area contributed by atoms with Gasteiger partial charge >= 0.3 is 0 Å². The van der Waals surface area contributed by atoms with Gasteiger partial charge in [-0.3, -0.25) is 0 Å². The van der Waals surface area contributed by atoms with Crippen LogP contribution in [-0.4, -0.2) is 5.11 Å². The summed E-state index contributed by atoms with van der Waals surface area (Å²) in [6.45, 7) is 4.12. The van der Waals surface area contributed by atoms with Crippen LogP contribution in [0.1, 0.15) is 46.0 Å². The van der Waals surface area contributed by atoms with Crippen molar-refractivity contribution in [1.82, 2.24) is 0 Å². The van der Waals surface area contributed by atoms with E-state index in [-0.39, 0.29) is 5.76 Å². The van der Waals surface area contributed by atoms with Gasteiger partial charge in [-0.05, 0) is 69.1 Å². The largest absolute Gasteiger partial charge is 0.506 e. The standard InChI is InChI=1S/C16H23NO/c1-3-4-12-5-7-13(8-6-12)14-9-10-15(18)16(17)11(14)2/h3-4,10,12,18H,5-9,17H2,1-2H3/b4-3+,14-13?. The third kappa shape index (κ3) is 2.53. The smallest absolute Gasteiger partial charge is 0.135 e. The van der Waals surface area contributed by atoms with Crippen LogP contribution in [0.15, 0.2) is 46.4 Å². The van der Waals surface area contributed by atoms with E-state index in [1.165, 1.54) is 31.3 Å². The summed E-state index contributed by atoms with van der Waals surface area (Å²) in [5, 5.41) is 9.62. The second-order valence-corrected chi connectivity index (χ2v) is 5.28. The molecule has 2 nitrogen and oxygen atoms in total. The first kappa shape index (κ1) is 13.0. The number of nitrogens with two attached hydrogens (primary N) is 1. The molecule has 3 N–H and O–H groups in total. The summed E-state index contributed by atoms with van der Waals surface area (Å²) in [6, 6.07) is 0. The lowest BCUT2D eigenvalue weighted by molar-refractivity contribution is 0.416. The minimum Gasteiger partial charge on any atom is -0.506 e. The fourth-order valence-electron chi connectivity index (χ4n) is 2.98. The lowest BCUT2D eigenvalue weighted by Gasteiger charge is -2.26. The van der Waals surface area contributed by atoms with E-state index in [0.29, 0.717) is 5.70 Å². The van der Waals surface area contributed by atoms with Gasteiger partial charge in [0.05, 0.1) is 5.70 Å². The Morgan fingerprint density at radius 1 is 1.33 bits per heavy atom. The molecule has 18 heavy (non-hydrogen) atoms. The van der Waals surface area contributed by atoms with Crippen molar-refractivity contribution in [1.29, 1.82) is 0 Å². The first-order valence-electron chi connectivity index (χ1n) is 6.83. The molecule has 0 atom stereocenters. The maximum atomic E-state index is 9.62. The highest BCUT2D eigenvalue weighted by Crippen LogP contribution is 2.36. The highest BCUT2D eigenvalue weighted by molar-refractivity contribution is 5.47. The maximum absolute atomic E-state index is 9.62. The van der Waals surface area contributed by atoms with Gasteiger partial charge < -0.3 is 10.8 Å². The van der Waals surface area contributed by atoms with Crippen LogP contribution >= 0.6 is 0 Å². The highest BCUT2D eigenvalue weighted by Gasteiger charge is 2.21. The molecular weight excluding hydrogens is 222 g/mol. The van der Waals surface area contributed by atoms with Gasteiger partial charge in [0.25, 0.3) is 0 Å². The molecule has 2 heteroatoms. The predicted molar refractivity (Wildman–Crippen MR) is 76.0 cm³/mol. The topological polar surface area (TPSA) is 46.2 Å². The van der Waals surface area contributed by atoms with E-state index in [1.807, 2.05) is 13.0 Å². The van der Waals surface area contributed by atoms with Crippen molar-refractivity contribution in [3.05, 3.63) is 46.4 Å². The first-order valence-corrected chi connectivity index (χ1v) is 6.83. The van der Waals surface area contributed by atoms with Gasteiger partial charge in [-0.1, -0.05) is 17.7 Å². The Labute approximate surface area is 110 Å². The molecule has 2 aliphatic rings. The van der Waals surface area contributed by atoms with Gasteiger partial charge in [0.2, 0.25) is 0 Å². The van der Waals surface area contributed by atoms with Crippen LogP contribution in [0, 0.1) is 5.92 Å². The normalized spacial score (nSPS) is 25.9. The summed E-state index contributed by atoms with van der Waals surface area (Å²) < 4.78 is 0. The van der Waals surface area contributed by atoms with E-state index in [4.69, 9.17) is 5.73 Å². The summed E-state index contributed by atoms with van der Waals surface area (Å²) in [6.07, 6.45) is 12.0. The molecule has 1 saturated carbocycles. The van der Waals surface area contributed by atoms with Gasteiger partial charge in [-0.25, -0.2) is 0 Å². The summed E-state index contributed by atoms with van der Waals surface area (Å²) in [5.74, 6) is 0.993. The van der Waals surface area contributed by atoms with Gasteiger partial charge in [0.15, 0.2) is 0 Å². The molecule has 0 amide bonds. The number of aliphatic hydroxyl groups is 1. The van der Waals surface area contributed by atoms with Gasteiger partial charge in [-0.2, -0.15) is 0 Å². The van der Waals surface area contributed by atoms with Crippen LogP contribution < -0.4 is 5.73 Å². The molecular formula is C16H23NO. The van der Waals surface area contributed by atoms with Crippen molar-refractivity contribution in [3.8, 4) is 0 Å². The SMILES string of the molecule is C/C=C/C1CCC(=C2CC=C(O)C(N)=C2C)CC1. The summed E-state index contributed by atoms with van der Waals surface area (Å²) >= 11 is 0. The lowest BCUT2D eigenvalue weighted by atomic mass is 9.80. The molecule has 2 aliphatic carbocycles. The Balaban J connectivity index is 2.16. The van der Waals surface area contributed by atoms with Crippen molar-refractivity contribution < 1.29 is 5.11 Å². The molecule has 0 aromatic heterocycles. The zero-order valence-corrected chi connectivity index (χ0v) is 11.4. The van der Waals surface area contributed by atoms with Gasteiger partial charge in [0.1, 0.15) is 5.76 Å². The average molecular weight is 245 g/mol. The quantitative estimate of drug-likeness (QED) is 0.682. The number of rotatable bonds is 1. The predicted octanol–water partition coefficient (Wildman–Crippen LogP) is 4.13. The molecule has 0 aromatic carbocycles. The molecule has 1 fully saturated rings. The summed E-state index contributed by atoms with van der Waals surface area (Å²) in [7, 11) is 0. The minimum absolute atomic E-state index is 0.249. The molecule has 0 bridgehead atoms. The van der Waals surface area contributed by atoms with E-state index >= 15 is 0 Å². The van der Waals surface area contributed by atoms with Crippen molar-refractivity contribution in [2.24, 2.45) is 11.7 Å². The van der Waals surface area contributed by atoms with Crippen molar-refractivity contribution in [2.45, 2.75) is 46.0 Å². The van der Waals surface area contributed by atoms with Crippen LogP contribution in [0.3, 0.4) is 0 Å². The van der Waals surface area contributed by atoms with Crippen molar-refractivity contribution in [3.63, 3.8) is 0 Å². The van der Waals surface area contributed by atoms with E-state index in [0.717, 1.165) is 17.9 Å². The molecule has 0 aromatic rings. The van der Waals surface area contributed by atoms with Crippen LogP contribution in [0.2, 0.25) is 0 Å². The Bertz CT molecular complexity index is 442. The Hall–Kier alpha value is -1.44. The second kappa shape index (κ2) is 5.47. The van der Waals surface area contributed by atoms with E-state index in [9.17, 15) is 5.11 Å². The number of allylic oxidation sites excluding steroid dienone is 6. The molecule has 0 unspecified atom stereocenters. The Morgan fingerprint density at radius 2 is 2.00 bits per heavy atom. The maximum Gasteiger partial charge on any atom is 0.135 e. The monoisotopic (exact) mass is 245 g/mol. The van der Waals surface area contributed by atoms with E-state index in [1.54, 1.807) is 5.57 Å². The summed E-state index contributed by atoms with van der Waals surface area (Å²) in [4.78, 5) is 0. The molecule has 0 spiro atoms. The third-order valence-corrected chi connectivity index (χ3v) is 4.16. The average Bonchev–Trinajstić information content (AvgIpc) is 2.38. The fourth-order valence-corrected chi connectivity index (χ4v) is 2.98. The molecule has 0 radical (unpaired) electrons.